The molecule has 2 aromatic rings. The smallest absolute Gasteiger partial charge is 0.331 e. The maximum absolute atomic E-state index is 12.0. The summed E-state index contributed by atoms with van der Waals surface area (Å²) in [5.74, 6) is -0.370. The van der Waals surface area contributed by atoms with Gasteiger partial charge in [-0.05, 0) is 30.4 Å². The molecular formula is C21H26N4O3. The fourth-order valence-electron chi connectivity index (χ4n) is 3.35. The molecule has 3 rings (SSSR count). The van der Waals surface area contributed by atoms with Gasteiger partial charge in [0.05, 0.1) is 12.7 Å². The minimum Gasteiger partial charge on any atom is -0.452 e. The molecule has 0 unspecified atom stereocenters. The highest BCUT2D eigenvalue weighted by molar-refractivity contribution is 5.89. The largest absolute Gasteiger partial charge is 0.452 e. The van der Waals surface area contributed by atoms with E-state index < -0.39 is 5.97 Å². The average molecular weight is 382 g/mol. The SMILES string of the molecule is C[C@@H]1CCCC[C@@H]1NC(=O)COC(=O)/C=C/c1cn(Cc2ccccc2)nn1. The first-order valence-corrected chi connectivity index (χ1v) is 9.68. The van der Waals surface area contributed by atoms with E-state index in [2.05, 4.69) is 22.6 Å². The highest BCUT2D eigenvalue weighted by atomic mass is 16.5. The minimum absolute atomic E-state index is 0.176. The van der Waals surface area contributed by atoms with Crippen molar-refractivity contribution in [3.05, 3.63) is 53.9 Å². The lowest BCUT2D eigenvalue weighted by Gasteiger charge is -2.29. The van der Waals surface area contributed by atoms with Crippen LogP contribution in [0.3, 0.4) is 0 Å². The Morgan fingerprint density at radius 1 is 1.25 bits per heavy atom. The molecule has 7 nitrogen and oxygen atoms in total. The Hall–Kier alpha value is -2.96. The van der Waals surface area contributed by atoms with Crippen LogP contribution in [0.1, 0.15) is 43.9 Å². The third-order valence-electron chi connectivity index (χ3n) is 4.94. The van der Waals surface area contributed by atoms with E-state index >= 15 is 0 Å². The zero-order chi connectivity index (χ0) is 19.8. The number of nitrogens with zero attached hydrogens (tertiary/aromatic N) is 3. The second-order valence-corrected chi connectivity index (χ2v) is 7.20. The van der Waals surface area contributed by atoms with Gasteiger partial charge in [-0.25, -0.2) is 9.48 Å². The molecule has 148 valence electrons. The standard InChI is InChI=1S/C21H26N4O3/c1-16-7-5-6-10-19(16)22-20(26)15-28-21(27)12-11-18-14-25(24-23-18)13-17-8-3-2-4-9-17/h2-4,8-9,11-12,14,16,19H,5-7,10,13,15H2,1H3,(H,22,26)/b12-11+/t16-,19+/m1/s1. The fourth-order valence-corrected chi connectivity index (χ4v) is 3.35. The maximum Gasteiger partial charge on any atom is 0.331 e. The number of esters is 1. The zero-order valence-electron chi connectivity index (χ0n) is 16.1. The van der Waals surface area contributed by atoms with Gasteiger partial charge < -0.3 is 10.1 Å². The topological polar surface area (TPSA) is 86.1 Å². The van der Waals surface area contributed by atoms with Crippen LogP contribution >= 0.6 is 0 Å². The van der Waals surface area contributed by atoms with Gasteiger partial charge >= 0.3 is 5.97 Å². The van der Waals surface area contributed by atoms with E-state index in [1.165, 1.54) is 18.6 Å². The first-order valence-electron chi connectivity index (χ1n) is 9.68. The number of carbonyl (C=O) groups excluding carboxylic acids is 2. The predicted octanol–water partition coefficient (Wildman–Crippen LogP) is 2.58. The Kier molecular flexibility index (Phi) is 6.94. The summed E-state index contributed by atoms with van der Waals surface area (Å²) < 4.78 is 6.71. The number of benzene rings is 1. The lowest BCUT2D eigenvalue weighted by atomic mass is 9.86. The summed E-state index contributed by atoms with van der Waals surface area (Å²) in [5.41, 5.74) is 1.66. The minimum atomic E-state index is -0.579. The average Bonchev–Trinajstić information content (AvgIpc) is 3.15. The molecule has 0 spiro atoms. The fraction of sp³-hybridized carbons (Fsp3) is 0.429. The molecule has 0 aliphatic heterocycles. The van der Waals surface area contributed by atoms with E-state index in [4.69, 9.17) is 4.74 Å². The first-order chi connectivity index (χ1) is 13.6. The molecule has 1 N–H and O–H groups in total. The summed E-state index contributed by atoms with van der Waals surface area (Å²) in [5, 5.41) is 11.0. The van der Waals surface area contributed by atoms with Gasteiger partial charge in [0.15, 0.2) is 6.61 Å². The molecule has 0 radical (unpaired) electrons. The molecule has 2 atom stereocenters. The summed E-state index contributed by atoms with van der Waals surface area (Å²) >= 11 is 0. The lowest BCUT2D eigenvalue weighted by molar-refractivity contribution is -0.144. The number of ether oxygens (including phenoxy) is 1. The third-order valence-corrected chi connectivity index (χ3v) is 4.94. The van der Waals surface area contributed by atoms with Gasteiger partial charge in [-0.3, -0.25) is 4.79 Å². The molecule has 1 aromatic carbocycles. The normalized spacial score (nSPS) is 19.5. The van der Waals surface area contributed by atoms with Crippen molar-refractivity contribution in [2.75, 3.05) is 6.61 Å². The van der Waals surface area contributed by atoms with Crippen molar-refractivity contribution in [1.82, 2.24) is 20.3 Å². The second-order valence-electron chi connectivity index (χ2n) is 7.20. The maximum atomic E-state index is 12.0. The van der Waals surface area contributed by atoms with Crippen LogP contribution in [0.25, 0.3) is 6.08 Å². The van der Waals surface area contributed by atoms with Gasteiger partial charge in [-0.1, -0.05) is 55.3 Å². The molecule has 1 aromatic heterocycles. The molecule has 1 aliphatic rings. The highest BCUT2D eigenvalue weighted by Crippen LogP contribution is 2.23. The number of rotatable bonds is 7. The van der Waals surface area contributed by atoms with E-state index in [9.17, 15) is 9.59 Å². The van der Waals surface area contributed by atoms with Crippen molar-refractivity contribution >= 4 is 18.0 Å². The summed E-state index contributed by atoms with van der Waals surface area (Å²) in [6, 6.07) is 10.1. The summed E-state index contributed by atoms with van der Waals surface area (Å²) in [6.45, 7) is 2.47. The number of hydrogen-bond donors (Lipinski definition) is 1. The molecule has 0 bridgehead atoms. The number of hydrogen-bond acceptors (Lipinski definition) is 5. The summed E-state index contributed by atoms with van der Waals surface area (Å²) in [6.07, 6.45) is 8.98. The van der Waals surface area contributed by atoms with Gasteiger partial charge in [0.25, 0.3) is 5.91 Å². The number of aromatic nitrogens is 3. The van der Waals surface area contributed by atoms with E-state index in [-0.39, 0.29) is 18.6 Å². The van der Waals surface area contributed by atoms with Crippen LogP contribution in [0.4, 0.5) is 0 Å². The van der Waals surface area contributed by atoms with Gasteiger partial charge in [-0.2, -0.15) is 0 Å². The van der Waals surface area contributed by atoms with Crippen LogP contribution in [-0.2, 0) is 20.9 Å². The van der Waals surface area contributed by atoms with Crippen molar-refractivity contribution in [2.45, 2.75) is 45.2 Å². The van der Waals surface area contributed by atoms with E-state index in [0.717, 1.165) is 24.8 Å². The van der Waals surface area contributed by atoms with Gasteiger partial charge in [0.2, 0.25) is 0 Å². The second kappa shape index (κ2) is 9.82. The molecule has 1 fully saturated rings. The Balaban J connectivity index is 1.42. The molecule has 1 amide bonds. The van der Waals surface area contributed by atoms with E-state index in [0.29, 0.717) is 18.2 Å². The Morgan fingerprint density at radius 2 is 2.04 bits per heavy atom. The van der Waals surface area contributed by atoms with Crippen LogP contribution in [-0.4, -0.2) is 39.5 Å². The molecule has 7 heteroatoms. The van der Waals surface area contributed by atoms with Crippen molar-refractivity contribution < 1.29 is 14.3 Å². The van der Waals surface area contributed by atoms with E-state index in [1.807, 2.05) is 30.3 Å². The molecule has 1 heterocycles. The van der Waals surface area contributed by atoms with Crippen molar-refractivity contribution in [2.24, 2.45) is 5.92 Å². The van der Waals surface area contributed by atoms with Gasteiger partial charge in [0.1, 0.15) is 5.69 Å². The quantitative estimate of drug-likeness (QED) is 0.588. The van der Waals surface area contributed by atoms with Crippen LogP contribution in [0.5, 0.6) is 0 Å². The number of carbonyl (C=O) groups is 2. The van der Waals surface area contributed by atoms with Crippen LogP contribution in [0.15, 0.2) is 42.6 Å². The molecule has 0 saturated heterocycles. The lowest BCUT2D eigenvalue weighted by Crippen LogP contribution is -2.42. The highest BCUT2D eigenvalue weighted by Gasteiger charge is 2.22. The summed E-state index contributed by atoms with van der Waals surface area (Å²) in [4.78, 5) is 23.8. The zero-order valence-corrected chi connectivity index (χ0v) is 16.1. The van der Waals surface area contributed by atoms with Gasteiger partial charge in [0, 0.05) is 12.1 Å². The van der Waals surface area contributed by atoms with Crippen molar-refractivity contribution in [1.29, 1.82) is 0 Å². The molecule has 1 saturated carbocycles. The summed E-state index contributed by atoms with van der Waals surface area (Å²) in [7, 11) is 0. The Morgan fingerprint density at radius 3 is 2.82 bits per heavy atom. The molecule has 1 aliphatic carbocycles. The van der Waals surface area contributed by atoms with Crippen LogP contribution < -0.4 is 5.32 Å². The van der Waals surface area contributed by atoms with Crippen LogP contribution in [0, 0.1) is 5.92 Å². The first kappa shape index (κ1) is 19.8. The number of nitrogens with one attached hydrogen (secondary N) is 1. The Bertz CT molecular complexity index is 816. The van der Waals surface area contributed by atoms with Gasteiger partial charge in [-0.15, -0.1) is 5.10 Å². The number of amides is 1. The van der Waals surface area contributed by atoms with Crippen LogP contribution in [0.2, 0.25) is 0 Å². The molecular weight excluding hydrogens is 356 g/mol. The Labute approximate surface area is 164 Å². The molecule has 28 heavy (non-hydrogen) atoms. The van der Waals surface area contributed by atoms with Crippen molar-refractivity contribution in [3.8, 4) is 0 Å². The van der Waals surface area contributed by atoms with E-state index in [1.54, 1.807) is 10.9 Å². The monoisotopic (exact) mass is 382 g/mol. The van der Waals surface area contributed by atoms with Crippen molar-refractivity contribution in [3.63, 3.8) is 0 Å². The predicted molar refractivity (Wildman–Crippen MR) is 105 cm³/mol. The third kappa shape index (κ3) is 6.04.